The van der Waals surface area contributed by atoms with E-state index in [0.717, 1.165) is 11.3 Å². The Hall–Kier alpha value is -1.34. The van der Waals surface area contributed by atoms with Crippen molar-refractivity contribution in [2.75, 3.05) is 32.9 Å². The van der Waals surface area contributed by atoms with Crippen LogP contribution in [-0.2, 0) is 4.79 Å². The highest BCUT2D eigenvalue weighted by molar-refractivity contribution is 6.30. The number of benzene rings is 1. The highest BCUT2D eigenvalue weighted by Gasteiger charge is 2.01. The summed E-state index contributed by atoms with van der Waals surface area (Å²) < 4.78 is 5.42. The normalized spacial score (nSPS) is 9.82. The monoisotopic (exact) mass is 333 g/mol. The number of aliphatic hydroxyl groups is 2. The van der Waals surface area contributed by atoms with E-state index in [9.17, 15) is 4.79 Å². The van der Waals surface area contributed by atoms with Crippen molar-refractivity contribution >= 4 is 17.6 Å². The van der Waals surface area contributed by atoms with Gasteiger partial charge in [-0.05, 0) is 37.1 Å². The zero-order valence-corrected chi connectivity index (χ0v) is 13.5. The molecule has 0 unspecified atom stereocenters. The van der Waals surface area contributed by atoms with E-state index >= 15 is 0 Å². The molecule has 0 heterocycles. The molecule has 6 nitrogen and oxygen atoms in total. The maximum Gasteiger partial charge on any atom is 0.303 e. The minimum Gasteiger partial charge on any atom is -0.493 e. The Morgan fingerprint density at radius 2 is 1.91 bits per heavy atom. The van der Waals surface area contributed by atoms with Gasteiger partial charge < -0.3 is 25.4 Å². The number of ether oxygens (including phenoxy) is 1. The van der Waals surface area contributed by atoms with Crippen LogP contribution in [0.2, 0.25) is 5.02 Å². The molecule has 0 atom stereocenters. The Labute approximate surface area is 135 Å². The van der Waals surface area contributed by atoms with Crippen LogP contribution >= 0.6 is 11.6 Å². The number of carbonyl (C=O) groups is 1. The first-order valence-electron chi connectivity index (χ1n) is 7.04. The number of carboxylic acid groups (broad SMARTS) is 1. The Bertz CT molecular complexity index is 424. The molecule has 0 saturated heterocycles. The fourth-order valence-corrected chi connectivity index (χ4v) is 1.69. The van der Waals surface area contributed by atoms with Gasteiger partial charge in [0.15, 0.2) is 0 Å². The second-order valence-electron chi connectivity index (χ2n) is 4.45. The molecule has 0 aliphatic heterocycles. The highest BCUT2D eigenvalue weighted by Crippen LogP contribution is 2.21. The standard InChI is InChI=1S/C11H13ClO3.C4H11NO2/c1-8-7-9(12)4-5-10(8)15-6-2-3-11(13)14;6-3-1-5-2-4-7/h4-5,7H,2-3,6H2,1H3,(H,13,14);5-7H,1-4H2. The van der Waals surface area contributed by atoms with Gasteiger partial charge in [0.1, 0.15) is 5.75 Å². The average molecular weight is 334 g/mol. The Kier molecular flexibility index (Phi) is 12.5. The molecule has 0 aliphatic carbocycles. The van der Waals surface area contributed by atoms with E-state index in [-0.39, 0.29) is 19.6 Å². The molecule has 7 heteroatoms. The van der Waals surface area contributed by atoms with E-state index in [2.05, 4.69) is 5.32 Å². The minimum absolute atomic E-state index is 0.132. The predicted molar refractivity (Wildman–Crippen MR) is 85.6 cm³/mol. The van der Waals surface area contributed by atoms with Crippen LogP contribution in [0.4, 0.5) is 0 Å². The molecule has 0 bridgehead atoms. The van der Waals surface area contributed by atoms with E-state index in [1.54, 1.807) is 12.1 Å². The molecule has 1 aromatic carbocycles. The van der Waals surface area contributed by atoms with Crippen molar-refractivity contribution in [1.82, 2.24) is 5.32 Å². The van der Waals surface area contributed by atoms with E-state index in [4.69, 9.17) is 31.7 Å². The van der Waals surface area contributed by atoms with Gasteiger partial charge in [0.25, 0.3) is 0 Å². The molecule has 22 heavy (non-hydrogen) atoms. The SMILES string of the molecule is Cc1cc(Cl)ccc1OCCCC(=O)O.OCCNCCO. The number of halogens is 1. The third-order valence-corrected chi connectivity index (χ3v) is 2.74. The molecular weight excluding hydrogens is 310 g/mol. The summed E-state index contributed by atoms with van der Waals surface area (Å²) >= 11 is 5.79. The quantitative estimate of drug-likeness (QED) is 0.511. The maximum absolute atomic E-state index is 10.2. The van der Waals surface area contributed by atoms with Gasteiger partial charge in [0, 0.05) is 24.5 Å². The number of aryl methyl sites for hydroxylation is 1. The molecule has 0 fully saturated rings. The lowest BCUT2D eigenvalue weighted by Gasteiger charge is -2.08. The van der Waals surface area contributed by atoms with Crippen LogP contribution in [0.3, 0.4) is 0 Å². The minimum atomic E-state index is -0.800. The molecule has 1 aromatic rings. The van der Waals surface area contributed by atoms with Gasteiger partial charge in [-0.1, -0.05) is 11.6 Å². The number of aliphatic hydroxyl groups excluding tert-OH is 2. The first-order chi connectivity index (χ1) is 10.5. The summed E-state index contributed by atoms with van der Waals surface area (Å²) in [5, 5.41) is 28.2. The molecular formula is C15H24ClNO5. The van der Waals surface area contributed by atoms with Gasteiger partial charge in [-0.15, -0.1) is 0 Å². The molecule has 0 aliphatic rings. The summed E-state index contributed by atoms with van der Waals surface area (Å²) in [4.78, 5) is 10.2. The lowest BCUT2D eigenvalue weighted by atomic mass is 10.2. The van der Waals surface area contributed by atoms with Crippen molar-refractivity contribution in [2.45, 2.75) is 19.8 Å². The van der Waals surface area contributed by atoms with Gasteiger partial charge >= 0.3 is 5.97 Å². The van der Waals surface area contributed by atoms with Gasteiger partial charge in [0.2, 0.25) is 0 Å². The highest BCUT2D eigenvalue weighted by atomic mass is 35.5. The summed E-state index contributed by atoms with van der Waals surface area (Å²) in [5.41, 5.74) is 0.956. The lowest BCUT2D eigenvalue weighted by Crippen LogP contribution is -2.21. The van der Waals surface area contributed by atoms with Crippen molar-refractivity contribution in [3.05, 3.63) is 28.8 Å². The van der Waals surface area contributed by atoms with Crippen molar-refractivity contribution in [3.8, 4) is 5.75 Å². The molecule has 0 radical (unpaired) electrons. The Balaban J connectivity index is 0.000000534. The molecule has 0 spiro atoms. The van der Waals surface area contributed by atoms with E-state index in [1.807, 2.05) is 13.0 Å². The first-order valence-corrected chi connectivity index (χ1v) is 7.42. The number of carboxylic acids is 1. The maximum atomic E-state index is 10.2. The Morgan fingerprint density at radius 3 is 2.41 bits per heavy atom. The number of hydrogen-bond donors (Lipinski definition) is 4. The number of aliphatic carboxylic acids is 1. The number of nitrogens with one attached hydrogen (secondary N) is 1. The van der Waals surface area contributed by atoms with Crippen LogP contribution in [0, 0.1) is 6.92 Å². The second-order valence-corrected chi connectivity index (χ2v) is 4.89. The zero-order valence-electron chi connectivity index (χ0n) is 12.7. The van der Waals surface area contributed by atoms with Crippen LogP contribution in [0.15, 0.2) is 18.2 Å². The molecule has 126 valence electrons. The first kappa shape index (κ1) is 20.7. The summed E-state index contributed by atoms with van der Waals surface area (Å²) in [6, 6.07) is 5.35. The number of hydrogen-bond acceptors (Lipinski definition) is 5. The molecule has 0 aromatic heterocycles. The smallest absolute Gasteiger partial charge is 0.303 e. The van der Waals surface area contributed by atoms with Crippen LogP contribution in [0.1, 0.15) is 18.4 Å². The molecule has 1 rings (SSSR count). The van der Waals surface area contributed by atoms with E-state index in [0.29, 0.717) is 31.1 Å². The Morgan fingerprint density at radius 1 is 1.27 bits per heavy atom. The van der Waals surface area contributed by atoms with E-state index < -0.39 is 5.97 Å². The lowest BCUT2D eigenvalue weighted by molar-refractivity contribution is -0.137. The van der Waals surface area contributed by atoms with Crippen LogP contribution < -0.4 is 10.1 Å². The van der Waals surface area contributed by atoms with Crippen LogP contribution in [0.5, 0.6) is 5.75 Å². The van der Waals surface area contributed by atoms with Crippen molar-refractivity contribution < 1.29 is 24.9 Å². The topological polar surface area (TPSA) is 99.0 Å². The third kappa shape index (κ3) is 11.3. The molecule has 0 saturated carbocycles. The fraction of sp³-hybridized carbons (Fsp3) is 0.533. The largest absolute Gasteiger partial charge is 0.493 e. The van der Waals surface area contributed by atoms with Crippen LogP contribution in [0.25, 0.3) is 0 Å². The van der Waals surface area contributed by atoms with Gasteiger partial charge in [-0.25, -0.2) is 0 Å². The fourth-order valence-electron chi connectivity index (χ4n) is 1.46. The van der Waals surface area contributed by atoms with E-state index in [1.165, 1.54) is 0 Å². The molecule has 0 amide bonds. The molecule has 4 N–H and O–H groups in total. The summed E-state index contributed by atoms with van der Waals surface area (Å²) in [5.74, 6) is -0.0452. The number of rotatable bonds is 9. The van der Waals surface area contributed by atoms with Gasteiger partial charge in [-0.2, -0.15) is 0 Å². The zero-order chi connectivity index (χ0) is 16.8. The van der Waals surface area contributed by atoms with Gasteiger partial charge in [0.05, 0.1) is 19.8 Å². The second kappa shape index (κ2) is 13.3. The summed E-state index contributed by atoms with van der Waals surface area (Å²) in [7, 11) is 0. The predicted octanol–water partition coefficient (Wildman–Crippen LogP) is 1.45. The van der Waals surface area contributed by atoms with Crippen molar-refractivity contribution in [3.63, 3.8) is 0 Å². The van der Waals surface area contributed by atoms with Crippen LogP contribution in [-0.4, -0.2) is 54.2 Å². The summed E-state index contributed by atoms with van der Waals surface area (Å²) in [6.07, 6.45) is 0.643. The van der Waals surface area contributed by atoms with Crippen molar-refractivity contribution in [1.29, 1.82) is 0 Å². The van der Waals surface area contributed by atoms with Gasteiger partial charge in [-0.3, -0.25) is 4.79 Å². The summed E-state index contributed by atoms with van der Waals surface area (Å²) in [6.45, 7) is 3.73. The third-order valence-electron chi connectivity index (χ3n) is 2.51. The average Bonchev–Trinajstić information content (AvgIpc) is 2.46. The van der Waals surface area contributed by atoms with Crippen molar-refractivity contribution in [2.24, 2.45) is 0 Å².